The zero-order chi connectivity index (χ0) is 16.3. The fraction of sp³-hybridized carbons (Fsp3) is 0.556. The molecule has 0 saturated carbocycles. The quantitative estimate of drug-likeness (QED) is 0.507. The summed E-state index contributed by atoms with van der Waals surface area (Å²) >= 11 is 0. The Morgan fingerprint density at radius 2 is 2.09 bits per heavy atom. The first-order valence-corrected chi connectivity index (χ1v) is 8.46. The van der Waals surface area contributed by atoms with Gasteiger partial charge in [0, 0.05) is 45.8 Å². The van der Waals surface area contributed by atoms with E-state index < -0.39 is 0 Å². The van der Waals surface area contributed by atoms with E-state index in [0.717, 1.165) is 57.3 Å². The molecule has 0 aromatic heterocycles. The molecule has 1 aliphatic heterocycles. The molecule has 2 rings (SSSR count). The molecule has 1 aromatic rings. The van der Waals surface area contributed by atoms with Crippen molar-refractivity contribution in [3.63, 3.8) is 0 Å². The predicted molar refractivity (Wildman–Crippen MR) is 94.3 cm³/mol. The van der Waals surface area contributed by atoms with Crippen molar-refractivity contribution in [3.05, 3.63) is 36.4 Å². The molecule has 1 heterocycles. The summed E-state index contributed by atoms with van der Waals surface area (Å²) in [4.78, 5) is 2.49. The summed E-state index contributed by atoms with van der Waals surface area (Å²) in [5, 5.41) is 6.88. The lowest BCUT2D eigenvalue weighted by atomic mass is 10.2. The smallest absolute Gasteiger partial charge is 0.161 e. The number of rotatable bonds is 10. The van der Waals surface area contributed by atoms with Crippen LogP contribution >= 0.6 is 0 Å². The molecule has 1 saturated heterocycles. The number of hydrogen-bond acceptors (Lipinski definition) is 5. The molecular formula is C18H29N3O2. The van der Waals surface area contributed by atoms with Crippen molar-refractivity contribution < 1.29 is 9.47 Å². The van der Waals surface area contributed by atoms with E-state index in [9.17, 15) is 0 Å². The Kier molecular flexibility index (Phi) is 7.93. The van der Waals surface area contributed by atoms with Gasteiger partial charge in [0.1, 0.15) is 6.61 Å². The van der Waals surface area contributed by atoms with E-state index in [1.807, 2.05) is 13.0 Å². The van der Waals surface area contributed by atoms with E-state index in [1.165, 1.54) is 5.56 Å². The number of benzene rings is 1. The van der Waals surface area contributed by atoms with E-state index in [2.05, 4.69) is 34.2 Å². The molecule has 23 heavy (non-hydrogen) atoms. The zero-order valence-electron chi connectivity index (χ0n) is 14.1. The van der Waals surface area contributed by atoms with Crippen molar-refractivity contribution in [2.24, 2.45) is 0 Å². The maximum Gasteiger partial charge on any atom is 0.161 e. The predicted octanol–water partition coefficient (Wildman–Crippen LogP) is 1.64. The first-order chi connectivity index (χ1) is 11.3. The Balaban J connectivity index is 1.79. The SMILES string of the molecule is C=CCOc1ccc(CNCCN2CCNCC2)cc1OCC. The molecule has 0 amide bonds. The lowest BCUT2D eigenvalue weighted by Gasteiger charge is -2.27. The molecule has 5 nitrogen and oxygen atoms in total. The van der Waals surface area contributed by atoms with Gasteiger partial charge in [-0.05, 0) is 24.6 Å². The second-order valence-corrected chi connectivity index (χ2v) is 5.58. The normalized spacial score (nSPS) is 15.3. The fourth-order valence-corrected chi connectivity index (χ4v) is 2.60. The standard InChI is InChI=1S/C18H29N3O2/c1-3-13-23-17-6-5-16(14-18(17)22-4-2)15-20-9-12-21-10-7-19-8-11-21/h3,5-6,14,19-20H,1,4,7-13,15H2,2H3. The van der Waals surface area contributed by atoms with Crippen LogP contribution in [0.4, 0.5) is 0 Å². The van der Waals surface area contributed by atoms with Gasteiger partial charge in [-0.3, -0.25) is 4.90 Å². The molecule has 0 unspecified atom stereocenters. The Labute approximate surface area is 139 Å². The minimum atomic E-state index is 0.488. The fourth-order valence-electron chi connectivity index (χ4n) is 2.60. The average Bonchev–Trinajstić information content (AvgIpc) is 2.59. The summed E-state index contributed by atoms with van der Waals surface area (Å²) in [5.74, 6) is 1.58. The van der Waals surface area contributed by atoms with Crippen molar-refractivity contribution in [1.29, 1.82) is 0 Å². The highest BCUT2D eigenvalue weighted by Crippen LogP contribution is 2.28. The molecule has 5 heteroatoms. The lowest BCUT2D eigenvalue weighted by Crippen LogP contribution is -2.45. The highest BCUT2D eigenvalue weighted by Gasteiger charge is 2.09. The van der Waals surface area contributed by atoms with Gasteiger partial charge in [0.25, 0.3) is 0 Å². The van der Waals surface area contributed by atoms with Crippen molar-refractivity contribution in [2.45, 2.75) is 13.5 Å². The van der Waals surface area contributed by atoms with E-state index in [4.69, 9.17) is 9.47 Å². The molecule has 2 N–H and O–H groups in total. The van der Waals surface area contributed by atoms with Gasteiger partial charge >= 0.3 is 0 Å². The number of ether oxygens (including phenoxy) is 2. The Morgan fingerprint density at radius 1 is 1.26 bits per heavy atom. The van der Waals surface area contributed by atoms with Crippen LogP contribution in [0.1, 0.15) is 12.5 Å². The molecule has 0 bridgehead atoms. The van der Waals surface area contributed by atoms with Crippen molar-refractivity contribution in [2.75, 3.05) is 52.5 Å². The molecule has 0 atom stereocenters. The van der Waals surface area contributed by atoms with Crippen molar-refractivity contribution >= 4 is 0 Å². The topological polar surface area (TPSA) is 45.8 Å². The minimum Gasteiger partial charge on any atom is -0.490 e. The molecule has 0 spiro atoms. The summed E-state index contributed by atoms with van der Waals surface area (Å²) in [5.41, 5.74) is 1.21. The van der Waals surface area contributed by atoms with Crippen LogP contribution in [0.5, 0.6) is 11.5 Å². The van der Waals surface area contributed by atoms with Crippen LogP contribution in [0.25, 0.3) is 0 Å². The summed E-state index contributed by atoms with van der Waals surface area (Å²) in [6.45, 7) is 14.2. The van der Waals surface area contributed by atoms with Gasteiger partial charge in [0.2, 0.25) is 0 Å². The first-order valence-electron chi connectivity index (χ1n) is 8.46. The molecule has 128 valence electrons. The number of nitrogens with zero attached hydrogens (tertiary/aromatic N) is 1. The van der Waals surface area contributed by atoms with Crippen LogP contribution in [0.15, 0.2) is 30.9 Å². The van der Waals surface area contributed by atoms with Crippen LogP contribution < -0.4 is 20.1 Å². The van der Waals surface area contributed by atoms with Crippen LogP contribution in [0.2, 0.25) is 0 Å². The second-order valence-electron chi connectivity index (χ2n) is 5.58. The molecule has 1 fully saturated rings. The van der Waals surface area contributed by atoms with Crippen molar-refractivity contribution in [1.82, 2.24) is 15.5 Å². The van der Waals surface area contributed by atoms with E-state index >= 15 is 0 Å². The van der Waals surface area contributed by atoms with Gasteiger partial charge in [-0.25, -0.2) is 0 Å². The van der Waals surface area contributed by atoms with Gasteiger partial charge in [-0.2, -0.15) is 0 Å². The Bertz CT molecular complexity index is 473. The summed E-state index contributed by atoms with van der Waals surface area (Å²) in [6, 6.07) is 6.11. The minimum absolute atomic E-state index is 0.488. The molecule has 1 aromatic carbocycles. The molecule has 0 radical (unpaired) electrons. The van der Waals surface area contributed by atoms with Crippen LogP contribution in [0.3, 0.4) is 0 Å². The third-order valence-corrected chi connectivity index (χ3v) is 3.81. The number of nitrogens with one attached hydrogen (secondary N) is 2. The van der Waals surface area contributed by atoms with Gasteiger partial charge in [0.15, 0.2) is 11.5 Å². The number of piperazine rings is 1. The highest BCUT2D eigenvalue weighted by molar-refractivity contribution is 5.43. The Morgan fingerprint density at radius 3 is 2.83 bits per heavy atom. The van der Waals surface area contributed by atoms with E-state index in [1.54, 1.807) is 6.08 Å². The molecule has 0 aliphatic carbocycles. The lowest BCUT2D eigenvalue weighted by molar-refractivity contribution is 0.241. The summed E-state index contributed by atoms with van der Waals surface area (Å²) in [6.07, 6.45) is 1.74. The monoisotopic (exact) mass is 319 g/mol. The van der Waals surface area contributed by atoms with Crippen LogP contribution in [-0.2, 0) is 6.54 Å². The highest BCUT2D eigenvalue weighted by atomic mass is 16.5. The van der Waals surface area contributed by atoms with Crippen LogP contribution in [-0.4, -0.2) is 57.4 Å². The Hall–Kier alpha value is -1.56. The van der Waals surface area contributed by atoms with Crippen molar-refractivity contribution in [3.8, 4) is 11.5 Å². The zero-order valence-corrected chi connectivity index (χ0v) is 14.1. The van der Waals surface area contributed by atoms with E-state index in [-0.39, 0.29) is 0 Å². The molecular weight excluding hydrogens is 290 g/mol. The third kappa shape index (κ3) is 6.22. The van der Waals surface area contributed by atoms with Crippen LogP contribution in [0, 0.1) is 0 Å². The maximum atomic E-state index is 5.67. The largest absolute Gasteiger partial charge is 0.490 e. The third-order valence-electron chi connectivity index (χ3n) is 3.81. The number of hydrogen-bond donors (Lipinski definition) is 2. The molecule has 1 aliphatic rings. The summed E-state index contributed by atoms with van der Waals surface area (Å²) in [7, 11) is 0. The van der Waals surface area contributed by atoms with Gasteiger partial charge in [0.05, 0.1) is 6.61 Å². The van der Waals surface area contributed by atoms with Gasteiger partial charge < -0.3 is 20.1 Å². The first kappa shape index (κ1) is 17.8. The summed E-state index contributed by atoms with van der Waals surface area (Å²) < 4.78 is 11.3. The maximum absolute atomic E-state index is 5.67. The van der Waals surface area contributed by atoms with Gasteiger partial charge in [-0.15, -0.1) is 0 Å². The van der Waals surface area contributed by atoms with Gasteiger partial charge in [-0.1, -0.05) is 18.7 Å². The average molecular weight is 319 g/mol. The second kappa shape index (κ2) is 10.3. The van der Waals surface area contributed by atoms with E-state index in [0.29, 0.717) is 13.2 Å².